The summed E-state index contributed by atoms with van der Waals surface area (Å²) in [5.41, 5.74) is 0. The van der Waals surface area contributed by atoms with Crippen LogP contribution in [-0.4, -0.2) is 4.83 Å². The van der Waals surface area contributed by atoms with Crippen molar-refractivity contribution in [3.05, 3.63) is 0 Å². The maximum atomic E-state index is 3.64. The Bertz CT molecular complexity index is 78.5. The summed E-state index contributed by atoms with van der Waals surface area (Å²) in [6.07, 6.45) is 2.73. The number of hydrogen-bond donors (Lipinski definition) is 0. The Morgan fingerprint density at radius 2 is 2.25 bits per heavy atom. The van der Waals surface area contributed by atoms with Crippen LogP contribution in [0.4, 0.5) is 0 Å². The van der Waals surface area contributed by atoms with Crippen molar-refractivity contribution in [2.75, 3.05) is 0 Å². The zero-order chi connectivity index (χ0) is 6.15. The molecule has 0 radical (unpaired) electrons. The number of hydrogen-bond acceptors (Lipinski definition) is 0. The molecule has 8 heavy (non-hydrogen) atoms. The number of halogens is 1. The van der Waals surface area contributed by atoms with Gasteiger partial charge < -0.3 is 0 Å². The smallest absolute Gasteiger partial charge is 0.0174 e. The SMILES string of the molecule is CCC(Br)C1CC1C. The highest BCUT2D eigenvalue weighted by Crippen LogP contribution is 2.44. The third-order valence-electron chi connectivity index (χ3n) is 2.03. The fourth-order valence-corrected chi connectivity index (χ4v) is 1.89. The van der Waals surface area contributed by atoms with E-state index in [1.54, 1.807) is 0 Å². The van der Waals surface area contributed by atoms with Crippen LogP contribution in [0.1, 0.15) is 26.7 Å². The van der Waals surface area contributed by atoms with Gasteiger partial charge in [-0.05, 0) is 24.7 Å². The lowest BCUT2D eigenvalue weighted by Gasteiger charge is -2.01. The highest BCUT2D eigenvalue weighted by molar-refractivity contribution is 9.09. The molecule has 1 fully saturated rings. The molecular formula is C7H13Br. The summed E-state index contributed by atoms with van der Waals surface area (Å²) in [6.45, 7) is 4.57. The number of rotatable bonds is 2. The van der Waals surface area contributed by atoms with Gasteiger partial charge in [-0.2, -0.15) is 0 Å². The molecule has 1 aliphatic rings. The first-order valence-electron chi connectivity index (χ1n) is 3.39. The van der Waals surface area contributed by atoms with Gasteiger partial charge in [0.05, 0.1) is 0 Å². The lowest BCUT2D eigenvalue weighted by atomic mass is 10.2. The Balaban J connectivity index is 2.18. The first kappa shape index (κ1) is 6.60. The van der Waals surface area contributed by atoms with Crippen LogP contribution >= 0.6 is 15.9 Å². The summed E-state index contributed by atoms with van der Waals surface area (Å²) in [6, 6.07) is 0. The van der Waals surface area contributed by atoms with E-state index < -0.39 is 0 Å². The Morgan fingerprint density at radius 3 is 2.38 bits per heavy atom. The minimum Gasteiger partial charge on any atom is -0.0888 e. The van der Waals surface area contributed by atoms with Crippen molar-refractivity contribution in [1.29, 1.82) is 0 Å². The van der Waals surface area contributed by atoms with Crippen molar-refractivity contribution >= 4 is 15.9 Å². The minimum absolute atomic E-state index is 0.803. The zero-order valence-electron chi connectivity index (χ0n) is 5.52. The van der Waals surface area contributed by atoms with Gasteiger partial charge in [-0.25, -0.2) is 0 Å². The maximum Gasteiger partial charge on any atom is 0.0174 e. The molecule has 48 valence electrons. The molecule has 0 aromatic heterocycles. The molecule has 0 saturated heterocycles. The van der Waals surface area contributed by atoms with Gasteiger partial charge in [0, 0.05) is 4.83 Å². The van der Waals surface area contributed by atoms with Crippen LogP contribution in [0.2, 0.25) is 0 Å². The van der Waals surface area contributed by atoms with Crippen LogP contribution in [0.15, 0.2) is 0 Å². The third kappa shape index (κ3) is 1.25. The van der Waals surface area contributed by atoms with Gasteiger partial charge >= 0.3 is 0 Å². The van der Waals surface area contributed by atoms with E-state index in [4.69, 9.17) is 0 Å². The fourth-order valence-electron chi connectivity index (χ4n) is 1.16. The van der Waals surface area contributed by atoms with Crippen LogP contribution in [0.3, 0.4) is 0 Å². The van der Waals surface area contributed by atoms with Gasteiger partial charge in [0.25, 0.3) is 0 Å². The van der Waals surface area contributed by atoms with Crippen LogP contribution in [-0.2, 0) is 0 Å². The molecule has 0 heterocycles. The molecule has 0 aromatic carbocycles. The second-order valence-corrected chi connectivity index (χ2v) is 3.98. The minimum atomic E-state index is 0.803. The summed E-state index contributed by atoms with van der Waals surface area (Å²) < 4.78 is 0. The van der Waals surface area contributed by atoms with Crippen molar-refractivity contribution < 1.29 is 0 Å². The van der Waals surface area contributed by atoms with E-state index in [2.05, 4.69) is 29.8 Å². The first-order chi connectivity index (χ1) is 3.75. The van der Waals surface area contributed by atoms with E-state index in [9.17, 15) is 0 Å². The molecule has 0 bridgehead atoms. The summed E-state index contributed by atoms with van der Waals surface area (Å²) in [5, 5.41) is 0. The Kier molecular flexibility index (Phi) is 1.97. The lowest BCUT2D eigenvalue weighted by molar-refractivity contribution is 0.688. The molecule has 3 atom stereocenters. The molecule has 0 N–H and O–H groups in total. The average molecular weight is 177 g/mol. The zero-order valence-corrected chi connectivity index (χ0v) is 7.11. The molecule has 1 saturated carbocycles. The van der Waals surface area contributed by atoms with Crippen molar-refractivity contribution in [3.63, 3.8) is 0 Å². The van der Waals surface area contributed by atoms with Gasteiger partial charge in [0.1, 0.15) is 0 Å². The van der Waals surface area contributed by atoms with E-state index in [0.717, 1.165) is 16.7 Å². The van der Waals surface area contributed by atoms with Gasteiger partial charge in [-0.1, -0.05) is 29.8 Å². The quantitative estimate of drug-likeness (QED) is 0.569. The topological polar surface area (TPSA) is 0 Å². The summed E-state index contributed by atoms with van der Waals surface area (Å²) in [4.78, 5) is 0.803. The lowest BCUT2D eigenvalue weighted by Crippen LogP contribution is -1.98. The van der Waals surface area contributed by atoms with Crippen LogP contribution < -0.4 is 0 Å². The second-order valence-electron chi connectivity index (χ2n) is 2.80. The normalized spacial score (nSPS) is 39.4. The van der Waals surface area contributed by atoms with E-state index in [0.29, 0.717) is 0 Å². The van der Waals surface area contributed by atoms with Gasteiger partial charge in [-0.3, -0.25) is 0 Å². The molecule has 0 aliphatic heterocycles. The van der Waals surface area contributed by atoms with E-state index >= 15 is 0 Å². The molecule has 0 nitrogen and oxygen atoms in total. The molecule has 1 heteroatoms. The molecular weight excluding hydrogens is 164 g/mol. The predicted octanol–water partition coefficient (Wildman–Crippen LogP) is 2.82. The molecule has 1 aliphatic carbocycles. The summed E-state index contributed by atoms with van der Waals surface area (Å²) in [7, 11) is 0. The monoisotopic (exact) mass is 176 g/mol. The largest absolute Gasteiger partial charge is 0.0888 e. The summed E-state index contributed by atoms with van der Waals surface area (Å²) >= 11 is 3.64. The van der Waals surface area contributed by atoms with Crippen molar-refractivity contribution in [2.24, 2.45) is 11.8 Å². The highest BCUT2D eigenvalue weighted by Gasteiger charge is 2.36. The van der Waals surface area contributed by atoms with Crippen LogP contribution in [0.25, 0.3) is 0 Å². The maximum absolute atomic E-state index is 3.64. The Hall–Kier alpha value is 0.480. The standard InChI is InChI=1S/C7H13Br/c1-3-7(8)6-4-5(6)2/h5-7H,3-4H2,1-2H3. The van der Waals surface area contributed by atoms with Crippen LogP contribution in [0.5, 0.6) is 0 Å². The molecule has 0 spiro atoms. The average Bonchev–Trinajstić information content (AvgIpc) is 2.45. The molecule has 3 unspecified atom stereocenters. The van der Waals surface area contributed by atoms with Crippen molar-refractivity contribution in [3.8, 4) is 0 Å². The van der Waals surface area contributed by atoms with Gasteiger partial charge in [0.2, 0.25) is 0 Å². The molecule has 0 amide bonds. The first-order valence-corrected chi connectivity index (χ1v) is 4.31. The fraction of sp³-hybridized carbons (Fsp3) is 1.00. The van der Waals surface area contributed by atoms with E-state index in [1.807, 2.05) is 0 Å². The Morgan fingerprint density at radius 1 is 1.75 bits per heavy atom. The van der Waals surface area contributed by atoms with E-state index in [-0.39, 0.29) is 0 Å². The highest BCUT2D eigenvalue weighted by atomic mass is 79.9. The van der Waals surface area contributed by atoms with E-state index in [1.165, 1.54) is 12.8 Å². The summed E-state index contributed by atoms with van der Waals surface area (Å²) in [5.74, 6) is 2.00. The van der Waals surface area contributed by atoms with Gasteiger partial charge in [0.15, 0.2) is 0 Å². The van der Waals surface area contributed by atoms with Crippen LogP contribution in [0, 0.1) is 11.8 Å². The number of alkyl halides is 1. The van der Waals surface area contributed by atoms with Crippen molar-refractivity contribution in [1.82, 2.24) is 0 Å². The second kappa shape index (κ2) is 2.38. The third-order valence-corrected chi connectivity index (χ3v) is 3.35. The molecule has 1 rings (SSSR count). The molecule has 0 aromatic rings. The van der Waals surface area contributed by atoms with Crippen molar-refractivity contribution in [2.45, 2.75) is 31.5 Å². The van der Waals surface area contributed by atoms with Gasteiger partial charge in [-0.15, -0.1) is 0 Å². The predicted molar refractivity (Wildman–Crippen MR) is 40.3 cm³/mol. The Labute approximate surface area is 59.8 Å².